The lowest BCUT2D eigenvalue weighted by molar-refractivity contribution is -0.134. The van der Waals surface area contributed by atoms with Crippen molar-refractivity contribution in [3.05, 3.63) is 63.1 Å². The van der Waals surface area contributed by atoms with Crippen LogP contribution in [0.5, 0.6) is 5.75 Å². The fraction of sp³-hybridized carbons (Fsp3) is 0.500. The molecule has 0 unspecified atom stereocenters. The van der Waals surface area contributed by atoms with Crippen LogP contribution in [0.25, 0.3) is 0 Å². The van der Waals surface area contributed by atoms with Crippen LogP contribution in [0.15, 0.2) is 36.4 Å². The summed E-state index contributed by atoms with van der Waals surface area (Å²) in [5.41, 5.74) is 1.89. The molecule has 0 aliphatic rings. The van der Waals surface area contributed by atoms with Crippen molar-refractivity contribution in [2.24, 2.45) is 0 Å². The van der Waals surface area contributed by atoms with Gasteiger partial charge in [-0.3, -0.25) is 4.79 Å². The predicted molar refractivity (Wildman–Crippen MR) is 141 cm³/mol. The van der Waals surface area contributed by atoms with Gasteiger partial charge >= 0.3 is 0 Å². The lowest BCUT2D eigenvalue weighted by Crippen LogP contribution is -2.22. The minimum absolute atomic E-state index is 0.0370. The number of benzene rings is 2. The maximum Gasteiger partial charge on any atom is 0.300 e. The van der Waals surface area contributed by atoms with Gasteiger partial charge in [0.15, 0.2) is 0 Å². The average Bonchev–Trinajstić information content (AvgIpc) is 2.83. The van der Waals surface area contributed by atoms with E-state index in [1.54, 1.807) is 24.3 Å². The van der Waals surface area contributed by atoms with Gasteiger partial charge < -0.3 is 35.2 Å². The molecule has 0 aliphatic carbocycles. The van der Waals surface area contributed by atoms with E-state index < -0.39 is 12.1 Å². The topological polar surface area (TPSA) is 128 Å². The van der Waals surface area contributed by atoms with E-state index in [0.717, 1.165) is 44.7 Å². The third-order valence-electron chi connectivity index (χ3n) is 5.07. The van der Waals surface area contributed by atoms with Crippen LogP contribution < -0.4 is 5.32 Å². The number of aromatic hydroxyl groups is 1. The molecule has 0 aromatic heterocycles. The van der Waals surface area contributed by atoms with Crippen LogP contribution in [0, 0.1) is 0 Å². The third kappa shape index (κ3) is 14.0. The minimum Gasteiger partial charge on any atom is -0.508 e. The van der Waals surface area contributed by atoms with Crippen molar-refractivity contribution in [3.8, 4) is 5.75 Å². The van der Waals surface area contributed by atoms with Gasteiger partial charge in [0.2, 0.25) is 0 Å². The summed E-state index contributed by atoms with van der Waals surface area (Å²) in [6.07, 6.45) is 3.51. The lowest BCUT2D eigenvalue weighted by atomic mass is 10.1. The molecule has 0 amide bonds. The number of aliphatic carboxylic acids is 1. The fourth-order valence-corrected chi connectivity index (χ4v) is 3.67. The van der Waals surface area contributed by atoms with E-state index in [0.29, 0.717) is 54.1 Å². The van der Waals surface area contributed by atoms with Crippen molar-refractivity contribution < 1.29 is 34.7 Å². The molecule has 2 rings (SSSR count). The van der Waals surface area contributed by atoms with E-state index in [2.05, 4.69) is 5.32 Å². The predicted octanol–water partition coefficient (Wildman–Crippen LogP) is 4.70. The molecule has 0 fully saturated rings. The number of nitrogens with one attached hydrogen (secondary N) is 1. The maximum absolute atomic E-state index is 10.2. The number of aliphatic hydroxyl groups is 2. The first-order chi connectivity index (χ1) is 17.3. The zero-order valence-corrected chi connectivity index (χ0v) is 22.1. The van der Waals surface area contributed by atoms with Gasteiger partial charge in [0.05, 0.1) is 32.5 Å². The largest absolute Gasteiger partial charge is 0.508 e. The molecular weight excluding hydrogens is 509 g/mol. The van der Waals surface area contributed by atoms with Gasteiger partial charge in [-0.2, -0.15) is 0 Å². The Balaban J connectivity index is 0.00000150. The zero-order chi connectivity index (χ0) is 26.8. The number of phenols is 1. The molecule has 0 saturated heterocycles. The Morgan fingerprint density at radius 1 is 1.00 bits per heavy atom. The second kappa shape index (κ2) is 19.2. The highest BCUT2D eigenvalue weighted by atomic mass is 35.5. The Morgan fingerprint density at radius 2 is 1.64 bits per heavy atom. The molecule has 8 nitrogen and oxygen atoms in total. The summed E-state index contributed by atoms with van der Waals surface area (Å²) in [6, 6.07) is 10.2. The second-order valence-corrected chi connectivity index (χ2v) is 8.88. The third-order valence-corrected chi connectivity index (χ3v) is 5.78. The Hall–Kier alpha value is -1.91. The number of carboxylic acids is 1. The standard InChI is InChI=1S/C24H33Cl2NO5.C2H4O2/c25-21-6-5-7-22(26)20(21)17-32-13-12-31-11-4-2-1-3-10-27-15-24(30)18-8-9-23(29)19(14-18)16-28;1-2(3)4/h5-9,14,24,27-30H,1-4,10-13,15-17H2;1H3,(H,3,4)/t24-;/m0./s1. The van der Waals surface area contributed by atoms with Crippen molar-refractivity contribution in [3.63, 3.8) is 0 Å². The summed E-state index contributed by atoms with van der Waals surface area (Å²) in [5, 5.41) is 40.9. The lowest BCUT2D eigenvalue weighted by Gasteiger charge is -2.14. The van der Waals surface area contributed by atoms with Crippen LogP contribution in [0.2, 0.25) is 10.0 Å². The van der Waals surface area contributed by atoms with E-state index in [1.165, 1.54) is 6.07 Å². The number of hydrogen-bond donors (Lipinski definition) is 5. The summed E-state index contributed by atoms with van der Waals surface area (Å²) in [4.78, 5) is 9.00. The van der Waals surface area contributed by atoms with Crippen molar-refractivity contribution in [1.29, 1.82) is 0 Å². The molecule has 5 N–H and O–H groups in total. The van der Waals surface area contributed by atoms with Gasteiger partial charge in [-0.15, -0.1) is 0 Å². The Morgan fingerprint density at radius 3 is 2.31 bits per heavy atom. The van der Waals surface area contributed by atoms with Gasteiger partial charge in [-0.25, -0.2) is 0 Å². The quantitative estimate of drug-likeness (QED) is 0.192. The van der Waals surface area contributed by atoms with Crippen LogP contribution in [0.1, 0.15) is 55.4 Å². The Bertz CT molecular complexity index is 874. The van der Waals surface area contributed by atoms with Crippen LogP contribution in [-0.2, 0) is 27.5 Å². The van der Waals surface area contributed by atoms with Gasteiger partial charge in [0.25, 0.3) is 5.97 Å². The van der Waals surface area contributed by atoms with E-state index in [9.17, 15) is 15.3 Å². The fourth-order valence-electron chi connectivity index (χ4n) is 3.17. The van der Waals surface area contributed by atoms with Crippen LogP contribution in [-0.4, -0.2) is 59.3 Å². The van der Waals surface area contributed by atoms with Crippen molar-refractivity contribution in [2.45, 2.75) is 51.9 Å². The summed E-state index contributed by atoms with van der Waals surface area (Å²) >= 11 is 12.2. The number of halogens is 2. The Labute approximate surface area is 222 Å². The molecule has 0 saturated carbocycles. The van der Waals surface area contributed by atoms with Gasteiger partial charge in [0, 0.05) is 41.2 Å². The summed E-state index contributed by atoms with van der Waals surface area (Å²) in [7, 11) is 0. The number of carbonyl (C=O) groups is 1. The monoisotopic (exact) mass is 545 g/mol. The number of ether oxygens (including phenoxy) is 2. The van der Waals surface area contributed by atoms with E-state index >= 15 is 0 Å². The Kier molecular flexibility index (Phi) is 17.2. The summed E-state index contributed by atoms with van der Waals surface area (Å²) in [6.45, 7) is 4.19. The number of unbranched alkanes of at least 4 members (excludes halogenated alkanes) is 3. The highest BCUT2D eigenvalue weighted by Crippen LogP contribution is 2.25. The molecule has 202 valence electrons. The van der Waals surface area contributed by atoms with Gasteiger partial charge in [0.1, 0.15) is 5.75 Å². The molecule has 0 heterocycles. The van der Waals surface area contributed by atoms with E-state index in [4.69, 9.17) is 42.6 Å². The van der Waals surface area contributed by atoms with Crippen LogP contribution in [0.3, 0.4) is 0 Å². The molecule has 36 heavy (non-hydrogen) atoms. The first-order valence-corrected chi connectivity index (χ1v) is 12.6. The van der Waals surface area contributed by atoms with Gasteiger partial charge in [-0.1, -0.05) is 48.2 Å². The van der Waals surface area contributed by atoms with Gasteiger partial charge in [-0.05, 0) is 49.2 Å². The number of aliphatic hydroxyl groups excluding tert-OH is 2. The summed E-state index contributed by atoms with van der Waals surface area (Å²) in [5.74, 6) is -0.796. The first-order valence-electron chi connectivity index (χ1n) is 11.9. The molecule has 0 bridgehead atoms. The molecule has 0 aliphatic heterocycles. The molecule has 0 radical (unpaired) electrons. The molecule has 2 aromatic carbocycles. The van der Waals surface area contributed by atoms with Crippen molar-refractivity contribution in [2.75, 3.05) is 32.9 Å². The van der Waals surface area contributed by atoms with Crippen LogP contribution in [0.4, 0.5) is 0 Å². The molecular formula is C26H37Cl2NO7. The molecule has 10 heteroatoms. The van der Waals surface area contributed by atoms with Crippen molar-refractivity contribution >= 4 is 29.2 Å². The van der Waals surface area contributed by atoms with E-state index in [-0.39, 0.29) is 12.4 Å². The second-order valence-electron chi connectivity index (χ2n) is 8.06. The van der Waals surface area contributed by atoms with E-state index in [1.807, 2.05) is 6.07 Å². The highest BCUT2D eigenvalue weighted by molar-refractivity contribution is 6.35. The number of hydrogen-bond acceptors (Lipinski definition) is 7. The molecule has 2 aromatic rings. The maximum atomic E-state index is 10.2. The normalized spacial score (nSPS) is 11.6. The highest BCUT2D eigenvalue weighted by Gasteiger charge is 2.10. The zero-order valence-electron chi connectivity index (χ0n) is 20.6. The van der Waals surface area contributed by atoms with Crippen molar-refractivity contribution in [1.82, 2.24) is 5.32 Å². The minimum atomic E-state index is -0.833. The SMILES string of the molecule is CC(=O)O.OCc1cc([C@@H](O)CNCCCCCCOCCOCc2c(Cl)cccc2Cl)ccc1O. The summed E-state index contributed by atoms with van der Waals surface area (Å²) < 4.78 is 11.2. The van der Waals surface area contributed by atoms with Crippen LogP contribution >= 0.6 is 23.2 Å². The number of carboxylic acid groups (broad SMARTS) is 1. The molecule has 1 atom stereocenters. The first kappa shape index (κ1) is 32.1. The molecule has 0 spiro atoms. The average molecular weight is 546 g/mol. The smallest absolute Gasteiger partial charge is 0.300 e. The number of rotatable bonds is 16.